The topological polar surface area (TPSA) is 64.1 Å². The zero-order valence-corrected chi connectivity index (χ0v) is 9.95. The highest BCUT2D eigenvalue weighted by atomic mass is 16.3. The molecule has 1 aromatic heterocycles. The predicted molar refractivity (Wildman–Crippen MR) is 63.2 cm³/mol. The standard InChI is InChI=1S/C12H21N3O/c1-2-9(7-13)12-14-10(8-16)11-5-3-4-6-15(11)12/h9,16H,2-8,13H2,1H3. The molecule has 0 fully saturated rings. The van der Waals surface area contributed by atoms with Crippen molar-refractivity contribution in [3.05, 3.63) is 17.2 Å². The van der Waals surface area contributed by atoms with E-state index in [2.05, 4.69) is 16.5 Å². The number of imidazole rings is 1. The smallest absolute Gasteiger partial charge is 0.113 e. The average Bonchev–Trinajstić information content (AvgIpc) is 2.70. The van der Waals surface area contributed by atoms with Crippen molar-refractivity contribution in [2.45, 2.75) is 51.7 Å². The molecule has 0 saturated carbocycles. The Kier molecular flexibility index (Phi) is 3.61. The number of aliphatic hydroxyl groups is 1. The summed E-state index contributed by atoms with van der Waals surface area (Å²) in [5.74, 6) is 1.42. The zero-order valence-electron chi connectivity index (χ0n) is 9.95. The number of hydrogen-bond acceptors (Lipinski definition) is 3. The minimum absolute atomic E-state index is 0.0519. The van der Waals surface area contributed by atoms with Gasteiger partial charge in [0.05, 0.1) is 12.3 Å². The fourth-order valence-electron chi connectivity index (χ4n) is 2.54. The molecule has 90 valence electrons. The Bertz CT molecular complexity index is 355. The van der Waals surface area contributed by atoms with Crippen molar-refractivity contribution in [1.82, 2.24) is 9.55 Å². The molecule has 4 nitrogen and oxygen atoms in total. The van der Waals surface area contributed by atoms with Gasteiger partial charge < -0.3 is 15.4 Å². The molecule has 0 spiro atoms. The highest BCUT2D eigenvalue weighted by Crippen LogP contribution is 2.26. The van der Waals surface area contributed by atoms with Crippen LogP contribution >= 0.6 is 0 Å². The molecular formula is C12H21N3O. The van der Waals surface area contributed by atoms with E-state index in [4.69, 9.17) is 5.73 Å². The molecular weight excluding hydrogens is 202 g/mol. The molecule has 2 rings (SSSR count). The van der Waals surface area contributed by atoms with Crippen molar-refractivity contribution < 1.29 is 5.11 Å². The van der Waals surface area contributed by atoms with Crippen molar-refractivity contribution in [3.63, 3.8) is 0 Å². The van der Waals surface area contributed by atoms with Gasteiger partial charge in [-0.25, -0.2) is 4.98 Å². The van der Waals surface area contributed by atoms with E-state index in [9.17, 15) is 5.11 Å². The van der Waals surface area contributed by atoms with Gasteiger partial charge in [0.1, 0.15) is 5.82 Å². The summed E-state index contributed by atoms with van der Waals surface area (Å²) >= 11 is 0. The van der Waals surface area contributed by atoms with Crippen molar-refractivity contribution in [3.8, 4) is 0 Å². The van der Waals surface area contributed by atoms with Crippen LogP contribution in [0.3, 0.4) is 0 Å². The summed E-state index contributed by atoms with van der Waals surface area (Å²) in [7, 11) is 0. The lowest BCUT2D eigenvalue weighted by Crippen LogP contribution is -2.19. The van der Waals surface area contributed by atoms with Gasteiger partial charge in [0, 0.05) is 24.7 Å². The number of nitrogens with zero attached hydrogens (tertiary/aromatic N) is 2. The number of nitrogens with two attached hydrogens (primary N) is 1. The molecule has 0 aromatic carbocycles. The minimum Gasteiger partial charge on any atom is -0.390 e. The van der Waals surface area contributed by atoms with Gasteiger partial charge in [-0.05, 0) is 25.7 Å². The van der Waals surface area contributed by atoms with Crippen LogP contribution in [0.4, 0.5) is 0 Å². The molecule has 0 radical (unpaired) electrons. The van der Waals surface area contributed by atoms with E-state index in [1.807, 2.05) is 0 Å². The first-order valence-corrected chi connectivity index (χ1v) is 6.20. The van der Waals surface area contributed by atoms with Crippen LogP contribution in [0.15, 0.2) is 0 Å². The number of aromatic nitrogens is 2. The Labute approximate surface area is 96.5 Å². The van der Waals surface area contributed by atoms with Crippen molar-refractivity contribution in [1.29, 1.82) is 0 Å². The fourth-order valence-corrected chi connectivity index (χ4v) is 2.54. The maximum Gasteiger partial charge on any atom is 0.113 e. The summed E-state index contributed by atoms with van der Waals surface area (Å²) in [6.07, 6.45) is 4.47. The number of hydrogen-bond donors (Lipinski definition) is 2. The van der Waals surface area contributed by atoms with Crippen molar-refractivity contribution in [2.24, 2.45) is 5.73 Å². The largest absolute Gasteiger partial charge is 0.390 e. The molecule has 0 amide bonds. The number of rotatable bonds is 4. The molecule has 0 bridgehead atoms. The monoisotopic (exact) mass is 223 g/mol. The number of fused-ring (bicyclic) bond motifs is 1. The van der Waals surface area contributed by atoms with Crippen LogP contribution in [0.25, 0.3) is 0 Å². The van der Waals surface area contributed by atoms with Gasteiger partial charge >= 0.3 is 0 Å². The molecule has 3 N–H and O–H groups in total. The van der Waals surface area contributed by atoms with Gasteiger partial charge in [-0.3, -0.25) is 0 Å². The summed E-state index contributed by atoms with van der Waals surface area (Å²) < 4.78 is 2.29. The van der Waals surface area contributed by atoms with Gasteiger partial charge in [0.15, 0.2) is 0 Å². The van der Waals surface area contributed by atoms with E-state index < -0.39 is 0 Å². The Morgan fingerprint density at radius 3 is 2.94 bits per heavy atom. The third kappa shape index (κ3) is 1.87. The van der Waals surface area contributed by atoms with Crippen LogP contribution in [0, 0.1) is 0 Å². The lowest BCUT2D eigenvalue weighted by atomic mass is 10.0. The van der Waals surface area contributed by atoms with Crippen molar-refractivity contribution >= 4 is 0 Å². The summed E-state index contributed by atoms with van der Waals surface area (Å²) in [6, 6.07) is 0. The fraction of sp³-hybridized carbons (Fsp3) is 0.750. The van der Waals surface area contributed by atoms with Gasteiger partial charge in [-0.1, -0.05) is 6.92 Å². The van der Waals surface area contributed by atoms with E-state index in [0.29, 0.717) is 12.5 Å². The number of aliphatic hydroxyl groups excluding tert-OH is 1. The molecule has 1 unspecified atom stereocenters. The first-order chi connectivity index (χ1) is 7.81. The lowest BCUT2D eigenvalue weighted by Gasteiger charge is -2.20. The molecule has 1 aromatic rings. The summed E-state index contributed by atoms with van der Waals surface area (Å²) in [5, 5.41) is 9.33. The second kappa shape index (κ2) is 4.97. The lowest BCUT2D eigenvalue weighted by molar-refractivity contribution is 0.275. The van der Waals surface area contributed by atoms with E-state index in [-0.39, 0.29) is 6.61 Å². The van der Waals surface area contributed by atoms with Crippen LogP contribution in [-0.2, 0) is 19.6 Å². The molecule has 4 heteroatoms. The Balaban J connectivity index is 2.41. The van der Waals surface area contributed by atoms with Crippen LogP contribution in [0.5, 0.6) is 0 Å². The molecule has 1 aliphatic rings. The van der Waals surface area contributed by atoms with Gasteiger partial charge in [0.25, 0.3) is 0 Å². The summed E-state index contributed by atoms with van der Waals surface area (Å²) in [5.41, 5.74) is 7.88. The second-order valence-corrected chi connectivity index (χ2v) is 4.47. The van der Waals surface area contributed by atoms with Gasteiger partial charge in [-0.2, -0.15) is 0 Å². The first-order valence-electron chi connectivity index (χ1n) is 6.20. The molecule has 2 heterocycles. The molecule has 1 atom stereocenters. The molecule has 1 aliphatic heterocycles. The van der Waals surface area contributed by atoms with Crippen LogP contribution in [-0.4, -0.2) is 21.2 Å². The maximum absolute atomic E-state index is 9.33. The maximum atomic E-state index is 9.33. The zero-order chi connectivity index (χ0) is 11.5. The van der Waals surface area contributed by atoms with E-state index in [1.54, 1.807) is 0 Å². The summed E-state index contributed by atoms with van der Waals surface area (Å²) in [6.45, 7) is 3.86. The third-order valence-corrected chi connectivity index (χ3v) is 3.52. The minimum atomic E-state index is 0.0519. The normalized spacial score (nSPS) is 17.2. The van der Waals surface area contributed by atoms with E-state index in [1.165, 1.54) is 18.5 Å². The van der Waals surface area contributed by atoms with Gasteiger partial charge in [0.2, 0.25) is 0 Å². The van der Waals surface area contributed by atoms with Crippen molar-refractivity contribution in [2.75, 3.05) is 6.54 Å². The highest BCUT2D eigenvalue weighted by Gasteiger charge is 2.23. The van der Waals surface area contributed by atoms with Gasteiger partial charge in [-0.15, -0.1) is 0 Å². The van der Waals surface area contributed by atoms with Crippen LogP contribution in [0.1, 0.15) is 49.3 Å². The average molecular weight is 223 g/mol. The van der Waals surface area contributed by atoms with Crippen LogP contribution in [0.2, 0.25) is 0 Å². The van der Waals surface area contributed by atoms with E-state index >= 15 is 0 Å². The van der Waals surface area contributed by atoms with E-state index in [0.717, 1.165) is 30.9 Å². The second-order valence-electron chi connectivity index (χ2n) is 4.47. The van der Waals surface area contributed by atoms with Crippen LogP contribution < -0.4 is 5.73 Å². The first kappa shape index (κ1) is 11.6. The molecule has 0 aliphatic carbocycles. The molecule has 16 heavy (non-hydrogen) atoms. The third-order valence-electron chi connectivity index (χ3n) is 3.52. The Morgan fingerprint density at radius 2 is 2.31 bits per heavy atom. The predicted octanol–water partition coefficient (Wildman–Crippen LogP) is 1.16. The Morgan fingerprint density at radius 1 is 1.50 bits per heavy atom. The highest BCUT2D eigenvalue weighted by molar-refractivity contribution is 5.21. The summed E-state index contributed by atoms with van der Waals surface area (Å²) in [4.78, 5) is 4.59. The Hall–Kier alpha value is -0.870. The molecule has 0 saturated heterocycles. The SMILES string of the molecule is CCC(CN)c1nc(CO)c2n1CCCC2. The quantitative estimate of drug-likeness (QED) is 0.805.